The van der Waals surface area contributed by atoms with E-state index in [0.717, 1.165) is 11.0 Å². The molecule has 96 valence electrons. The molecule has 0 spiro atoms. The summed E-state index contributed by atoms with van der Waals surface area (Å²) in [7, 11) is 2.62. The summed E-state index contributed by atoms with van der Waals surface area (Å²) in [6, 6.07) is -0.884. The monoisotopic (exact) mass is 254 g/mol. The number of alkyl halides is 3. The van der Waals surface area contributed by atoms with Crippen LogP contribution in [0.4, 0.5) is 27.6 Å². The summed E-state index contributed by atoms with van der Waals surface area (Å²) in [5, 5.41) is 0. The highest BCUT2D eigenvalue weighted by Gasteiger charge is 2.40. The Morgan fingerprint density at radius 2 is 1.71 bits per heavy atom. The normalized spacial score (nSPS) is 13.6. The molecule has 0 saturated carbocycles. The first-order valence-corrected chi connectivity index (χ1v) is 4.63. The van der Waals surface area contributed by atoms with Crippen molar-refractivity contribution in [3.05, 3.63) is 29.3 Å². The average Bonchev–Trinajstić information content (AvgIpc) is 2.18. The third-order valence-electron chi connectivity index (χ3n) is 2.24. The van der Waals surface area contributed by atoms with Crippen molar-refractivity contribution in [2.75, 3.05) is 19.0 Å². The number of hydrogen-bond donors (Lipinski definition) is 1. The number of nitrogens with two attached hydrogens (primary N) is 1. The van der Waals surface area contributed by atoms with Crippen LogP contribution in [0, 0.1) is 11.6 Å². The van der Waals surface area contributed by atoms with Crippen molar-refractivity contribution in [2.24, 2.45) is 5.73 Å². The Kier molecular flexibility index (Phi) is 3.61. The minimum Gasteiger partial charge on any atom is -0.375 e. The molecule has 2 N–H and O–H groups in total. The van der Waals surface area contributed by atoms with Gasteiger partial charge in [-0.1, -0.05) is 6.07 Å². The van der Waals surface area contributed by atoms with E-state index in [1.165, 1.54) is 14.1 Å². The zero-order valence-corrected chi connectivity index (χ0v) is 9.15. The first-order chi connectivity index (χ1) is 7.66. The molecular weight excluding hydrogens is 243 g/mol. The van der Waals surface area contributed by atoms with Crippen LogP contribution < -0.4 is 10.6 Å². The Bertz CT molecular complexity index is 414. The third-order valence-corrected chi connectivity index (χ3v) is 2.24. The Morgan fingerprint density at radius 1 is 1.18 bits per heavy atom. The number of nitrogens with zero attached hydrogens (tertiary/aromatic N) is 1. The van der Waals surface area contributed by atoms with Gasteiger partial charge in [0, 0.05) is 19.7 Å². The fraction of sp³-hybridized carbons (Fsp3) is 0.400. The second-order valence-electron chi connectivity index (χ2n) is 3.71. The number of halogens is 5. The molecule has 0 saturated heterocycles. The summed E-state index contributed by atoms with van der Waals surface area (Å²) < 4.78 is 63.7. The van der Waals surface area contributed by atoms with E-state index >= 15 is 0 Å². The Balaban J connectivity index is 3.39. The molecule has 1 unspecified atom stereocenters. The van der Waals surface area contributed by atoms with E-state index in [-0.39, 0.29) is 0 Å². The lowest BCUT2D eigenvalue weighted by atomic mass is 10.0. The summed E-state index contributed by atoms with van der Waals surface area (Å²) in [5.74, 6) is -2.56. The van der Waals surface area contributed by atoms with Gasteiger partial charge in [-0.2, -0.15) is 13.2 Å². The maximum Gasteiger partial charge on any atom is 0.407 e. The molecule has 1 rings (SSSR count). The van der Waals surface area contributed by atoms with Crippen LogP contribution in [0.15, 0.2) is 12.1 Å². The molecule has 17 heavy (non-hydrogen) atoms. The summed E-state index contributed by atoms with van der Waals surface area (Å²) in [4.78, 5) is 1.05. The maximum atomic E-state index is 13.4. The smallest absolute Gasteiger partial charge is 0.375 e. The van der Waals surface area contributed by atoms with Crippen LogP contribution in [0.25, 0.3) is 0 Å². The van der Waals surface area contributed by atoms with E-state index in [1.807, 2.05) is 0 Å². The fourth-order valence-corrected chi connectivity index (χ4v) is 1.44. The first kappa shape index (κ1) is 13.7. The quantitative estimate of drug-likeness (QED) is 0.822. The van der Waals surface area contributed by atoms with Crippen LogP contribution in [0.1, 0.15) is 11.6 Å². The van der Waals surface area contributed by atoms with Crippen LogP contribution in [0.3, 0.4) is 0 Å². The minimum atomic E-state index is -4.71. The molecule has 0 aliphatic heterocycles. The molecule has 0 bridgehead atoms. The molecule has 0 amide bonds. The van der Waals surface area contributed by atoms with Crippen molar-refractivity contribution in [1.82, 2.24) is 0 Å². The van der Waals surface area contributed by atoms with Gasteiger partial charge in [0.1, 0.15) is 6.04 Å². The van der Waals surface area contributed by atoms with Crippen molar-refractivity contribution < 1.29 is 22.0 Å². The van der Waals surface area contributed by atoms with Gasteiger partial charge in [-0.05, 0) is 6.07 Å². The highest BCUT2D eigenvalue weighted by atomic mass is 19.4. The molecule has 1 atom stereocenters. The summed E-state index contributed by atoms with van der Waals surface area (Å²) in [5.41, 5.74) is 4.00. The van der Waals surface area contributed by atoms with Crippen molar-refractivity contribution in [1.29, 1.82) is 0 Å². The number of benzene rings is 1. The zero-order chi connectivity index (χ0) is 13.4. The van der Waals surface area contributed by atoms with Gasteiger partial charge in [-0.25, -0.2) is 8.78 Å². The fourth-order valence-electron chi connectivity index (χ4n) is 1.44. The Hall–Kier alpha value is -1.37. The molecular formula is C10H11F5N2. The van der Waals surface area contributed by atoms with Crippen LogP contribution in [-0.2, 0) is 0 Å². The van der Waals surface area contributed by atoms with Crippen molar-refractivity contribution in [2.45, 2.75) is 12.2 Å². The second kappa shape index (κ2) is 4.48. The topological polar surface area (TPSA) is 29.3 Å². The molecule has 1 aromatic carbocycles. The van der Waals surface area contributed by atoms with Crippen LogP contribution >= 0.6 is 0 Å². The lowest BCUT2D eigenvalue weighted by Crippen LogP contribution is -2.30. The van der Waals surface area contributed by atoms with Crippen LogP contribution in [-0.4, -0.2) is 20.3 Å². The van der Waals surface area contributed by atoms with Gasteiger partial charge >= 0.3 is 6.18 Å². The lowest BCUT2D eigenvalue weighted by molar-refractivity contribution is -0.149. The predicted molar refractivity (Wildman–Crippen MR) is 53.7 cm³/mol. The third kappa shape index (κ3) is 2.66. The van der Waals surface area contributed by atoms with Gasteiger partial charge < -0.3 is 10.6 Å². The largest absolute Gasteiger partial charge is 0.407 e. The van der Waals surface area contributed by atoms with Gasteiger partial charge in [0.15, 0.2) is 11.6 Å². The molecule has 0 heterocycles. The van der Waals surface area contributed by atoms with Gasteiger partial charge in [-0.15, -0.1) is 0 Å². The van der Waals surface area contributed by atoms with Crippen LogP contribution in [0.2, 0.25) is 0 Å². The highest BCUT2D eigenvalue weighted by molar-refractivity contribution is 5.55. The average molecular weight is 254 g/mol. The molecule has 0 radical (unpaired) electrons. The molecule has 0 aliphatic rings. The molecule has 0 fully saturated rings. The van der Waals surface area contributed by atoms with Crippen LogP contribution in [0.5, 0.6) is 0 Å². The van der Waals surface area contributed by atoms with Crippen molar-refractivity contribution >= 4 is 5.69 Å². The van der Waals surface area contributed by atoms with Gasteiger partial charge in [-0.3, -0.25) is 0 Å². The van der Waals surface area contributed by atoms with Gasteiger partial charge in [0.05, 0.1) is 5.69 Å². The van der Waals surface area contributed by atoms with Crippen molar-refractivity contribution in [3.63, 3.8) is 0 Å². The SMILES string of the molecule is CN(C)c1c(C(N)C(F)(F)F)ccc(F)c1F. The molecule has 0 aliphatic carbocycles. The Morgan fingerprint density at radius 3 is 2.12 bits per heavy atom. The zero-order valence-electron chi connectivity index (χ0n) is 9.15. The van der Waals surface area contributed by atoms with E-state index in [2.05, 4.69) is 0 Å². The molecule has 0 aromatic heterocycles. The number of rotatable bonds is 2. The summed E-state index contributed by atoms with van der Waals surface area (Å²) in [6.07, 6.45) is -4.71. The Labute approximate surface area is 94.8 Å². The van der Waals surface area contributed by atoms with Gasteiger partial charge in [0.25, 0.3) is 0 Å². The summed E-state index contributed by atoms with van der Waals surface area (Å²) >= 11 is 0. The van der Waals surface area contributed by atoms with E-state index in [4.69, 9.17) is 5.73 Å². The first-order valence-electron chi connectivity index (χ1n) is 4.63. The molecule has 1 aromatic rings. The van der Waals surface area contributed by atoms with E-state index < -0.39 is 35.1 Å². The van der Waals surface area contributed by atoms with E-state index in [0.29, 0.717) is 6.07 Å². The van der Waals surface area contributed by atoms with E-state index in [9.17, 15) is 22.0 Å². The maximum absolute atomic E-state index is 13.4. The second-order valence-corrected chi connectivity index (χ2v) is 3.71. The molecule has 7 heteroatoms. The van der Waals surface area contributed by atoms with E-state index in [1.54, 1.807) is 0 Å². The van der Waals surface area contributed by atoms with Gasteiger partial charge in [0.2, 0.25) is 0 Å². The minimum absolute atomic E-state index is 0.491. The molecule has 2 nitrogen and oxygen atoms in total. The number of anilines is 1. The number of hydrogen-bond acceptors (Lipinski definition) is 2. The standard InChI is InChI=1S/C10H11F5N2/c1-17(2)8-5(9(16)10(13,14)15)3-4-6(11)7(8)12/h3-4,9H,16H2,1-2H3. The van der Waals surface area contributed by atoms with Crippen molar-refractivity contribution in [3.8, 4) is 0 Å². The lowest BCUT2D eigenvalue weighted by Gasteiger charge is -2.23. The highest BCUT2D eigenvalue weighted by Crippen LogP contribution is 2.37. The summed E-state index contributed by atoms with van der Waals surface area (Å²) in [6.45, 7) is 0. The predicted octanol–water partition coefficient (Wildman–Crippen LogP) is 2.59.